The van der Waals surface area contributed by atoms with Gasteiger partial charge < -0.3 is 19.5 Å². The summed E-state index contributed by atoms with van der Waals surface area (Å²) in [6.07, 6.45) is 2.85. The average Bonchev–Trinajstić information content (AvgIpc) is 3.13. The van der Waals surface area contributed by atoms with Crippen LogP contribution in [0.2, 0.25) is 0 Å². The summed E-state index contributed by atoms with van der Waals surface area (Å²) >= 11 is 0. The molecule has 1 aliphatic rings. The van der Waals surface area contributed by atoms with Crippen LogP contribution in [0.5, 0.6) is 17.4 Å². The number of hydrogen-bond acceptors (Lipinski definition) is 8. The Balaban J connectivity index is 1.27. The summed E-state index contributed by atoms with van der Waals surface area (Å²) in [4.78, 5) is 29.5. The first-order valence-corrected chi connectivity index (χ1v) is 16.2. The maximum Gasteiger partial charge on any atom is 0.425 e. The van der Waals surface area contributed by atoms with E-state index >= 15 is 0 Å². The number of methoxy groups -OCH3 is 1. The van der Waals surface area contributed by atoms with Crippen molar-refractivity contribution in [1.82, 2.24) is 20.3 Å². The summed E-state index contributed by atoms with van der Waals surface area (Å²) in [7, 11) is 1.55. The Morgan fingerprint density at radius 1 is 0.840 bits per heavy atom. The standard InChI is InChI=1S/C39H33F2N5O4/c1-48-35-22-32-34(23-36(35)49-31-14-16-42-17-15-31)44-37(18-25-12-13-33(43-24-25)26-19-27(40)21-28(41)20-26)45-38(32)50-39(47)46(29-8-4-2-5-9-29)30-10-6-3-7-11-30/h2-13,19-24,31,42H,14-18H2,1H3. The zero-order valence-corrected chi connectivity index (χ0v) is 27.2. The summed E-state index contributed by atoms with van der Waals surface area (Å²) in [5.41, 5.74) is 3.19. The van der Waals surface area contributed by atoms with Crippen molar-refractivity contribution in [3.8, 4) is 28.6 Å². The minimum Gasteiger partial charge on any atom is -0.493 e. The number of ether oxygens (including phenoxy) is 3. The van der Waals surface area contributed by atoms with Gasteiger partial charge in [-0.15, -0.1) is 0 Å². The Hall–Kier alpha value is -5.94. The van der Waals surface area contributed by atoms with Crippen molar-refractivity contribution in [1.29, 1.82) is 0 Å². The van der Waals surface area contributed by atoms with Crippen molar-refractivity contribution in [2.45, 2.75) is 25.4 Å². The largest absolute Gasteiger partial charge is 0.493 e. The molecule has 4 aromatic carbocycles. The Labute approximate surface area is 287 Å². The molecule has 9 nitrogen and oxygen atoms in total. The number of para-hydroxylation sites is 2. The maximum atomic E-state index is 14.0. The van der Waals surface area contributed by atoms with Crippen LogP contribution in [0.1, 0.15) is 24.2 Å². The summed E-state index contributed by atoms with van der Waals surface area (Å²) in [5, 5.41) is 3.80. The lowest BCUT2D eigenvalue weighted by Crippen LogP contribution is -2.34. The quantitative estimate of drug-likeness (QED) is 0.165. The Morgan fingerprint density at radius 2 is 1.52 bits per heavy atom. The molecule has 1 amide bonds. The first-order valence-electron chi connectivity index (χ1n) is 16.2. The van der Waals surface area contributed by atoms with E-state index in [9.17, 15) is 13.6 Å². The van der Waals surface area contributed by atoms with Gasteiger partial charge >= 0.3 is 6.09 Å². The van der Waals surface area contributed by atoms with Crippen LogP contribution < -0.4 is 24.4 Å². The molecule has 7 rings (SSSR count). The SMILES string of the molecule is COc1cc2c(OC(=O)N(c3ccccc3)c3ccccc3)nc(Cc3ccc(-c4cc(F)cc(F)c4)nc3)nc2cc1OC1CCNCC1. The minimum atomic E-state index is -0.684. The molecular weight excluding hydrogens is 640 g/mol. The smallest absolute Gasteiger partial charge is 0.425 e. The molecule has 1 saturated heterocycles. The van der Waals surface area contributed by atoms with E-state index in [1.165, 1.54) is 17.0 Å². The number of benzene rings is 4. The van der Waals surface area contributed by atoms with Gasteiger partial charge in [0.05, 0.1) is 35.1 Å². The van der Waals surface area contributed by atoms with Gasteiger partial charge in [0.1, 0.15) is 23.6 Å². The van der Waals surface area contributed by atoms with Crippen LogP contribution >= 0.6 is 0 Å². The van der Waals surface area contributed by atoms with E-state index in [-0.39, 0.29) is 18.4 Å². The molecule has 252 valence electrons. The minimum absolute atomic E-state index is 0.00247. The average molecular weight is 674 g/mol. The van der Waals surface area contributed by atoms with Crippen LogP contribution in [0.15, 0.2) is 109 Å². The Kier molecular flexibility index (Phi) is 9.56. The summed E-state index contributed by atoms with van der Waals surface area (Å²) in [5.74, 6) is 0.0130. The van der Waals surface area contributed by atoms with Crippen LogP contribution in [0.3, 0.4) is 0 Å². The van der Waals surface area contributed by atoms with E-state index in [1.807, 2.05) is 60.7 Å². The third-order valence-electron chi connectivity index (χ3n) is 8.31. The molecule has 0 radical (unpaired) electrons. The number of rotatable bonds is 9. The van der Waals surface area contributed by atoms with Gasteiger partial charge in [0.15, 0.2) is 11.5 Å². The van der Waals surface area contributed by atoms with Gasteiger partial charge in [-0.2, -0.15) is 4.98 Å². The third kappa shape index (κ3) is 7.37. The molecule has 1 N–H and O–H groups in total. The molecule has 50 heavy (non-hydrogen) atoms. The highest BCUT2D eigenvalue weighted by molar-refractivity contribution is 5.98. The van der Waals surface area contributed by atoms with E-state index in [0.717, 1.165) is 37.6 Å². The Bertz CT molecular complexity index is 2050. The van der Waals surface area contributed by atoms with Crippen molar-refractivity contribution >= 4 is 28.4 Å². The lowest BCUT2D eigenvalue weighted by atomic mass is 10.1. The van der Waals surface area contributed by atoms with Gasteiger partial charge in [-0.1, -0.05) is 42.5 Å². The highest BCUT2D eigenvalue weighted by atomic mass is 19.1. The summed E-state index contributed by atoms with van der Waals surface area (Å²) in [6.45, 7) is 1.71. The number of anilines is 2. The zero-order chi connectivity index (χ0) is 34.5. The molecule has 1 fully saturated rings. The monoisotopic (exact) mass is 673 g/mol. The van der Waals surface area contributed by atoms with Crippen molar-refractivity contribution in [2.75, 3.05) is 25.1 Å². The van der Waals surface area contributed by atoms with Gasteiger partial charge in [-0.05, 0) is 80.0 Å². The zero-order valence-electron chi connectivity index (χ0n) is 27.2. The van der Waals surface area contributed by atoms with Crippen molar-refractivity contribution in [3.05, 3.63) is 132 Å². The number of pyridine rings is 1. The van der Waals surface area contributed by atoms with E-state index in [4.69, 9.17) is 24.2 Å². The molecule has 0 spiro atoms. The number of nitrogens with zero attached hydrogens (tertiary/aromatic N) is 4. The summed E-state index contributed by atoms with van der Waals surface area (Å²) in [6, 6.07) is 28.6. The fourth-order valence-electron chi connectivity index (χ4n) is 5.88. The number of fused-ring (bicyclic) bond motifs is 1. The fourth-order valence-corrected chi connectivity index (χ4v) is 5.88. The van der Waals surface area contributed by atoms with Crippen molar-refractivity contribution < 1.29 is 27.8 Å². The number of amides is 1. The molecule has 11 heteroatoms. The second kappa shape index (κ2) is 14.7. The van der Waals surface area contributed by atoms with Crippen LogP contribution in [0.4, 0.5) is 25.0 Å². The summed E-state index contributed by atoms with van der Waals surface area (Å²) < 4.78 is 45.9. The highest BCUT2D eigenvalue weighted by Gasteiger charge is 2.25. The van der Waals surface area contributed by atoms with Gasteiger partial charge in [0.2, 0.25) is 5.88 Å². The molecule has 0 bridgehead atoms. The lowest BCUT2D eigenvalue weighted by molar-refractivity contribution is 0.157. The van der Waals surface area contributed by atoms with Crippen LogP contribution in [-0.4, -0.2) is 47.3 Å². The van der Waals surface area contributed by atoms with Gasteiger partial charge in [0.25, 0.3) is 0 Å². The lowest BCUT2D eigenvalue weighted by Gasteiger charge is -2.25. The topological polar surface area (TPSA) is 98.7 Å². The highest BCUT2D eigenvalue weighted by Crippen LogP contribution is 2.37. The first-order chi connectivity index (χ1) is 24.4. The van der Waals surface area contributed by atoms with Gasteiger partial charge in [-0.3, -0.25) is 4.98 Å². The second-order valence-corrected chi connectivity index (χ2v) is 11.8. The predicted octanol–water partition coefficient (Wildman–Crippen LogP) is 8.04. The number of nitrogens with one attached hydrogen (secondary N) is 1. The van der Waals surface area contributed by atoms with Gasteiger partial charge in [-0.25, -0.2) is 23.5 Å². The van der Waals surface area contributed by atoms with E-state index in [0.29, 0.717) is 50.9 Å². The molecule has 0 aliphatic carbocycles. The second-order valence-electron chi connectivity index (χ2n) is 11.8. The van der Waals surface area contributed by atoms with Crippen LogP contribution in [-0.2, 0) is 6.42 Å². The fraction of sp³-hybridized carbons (Fsp3) is 0.179. The Morgan fingerprint density at radius 3 is 2.14 bits per heavy atom. The maximum absolute atomic E-state index is 14.0. The molecule has 3 heterocycles. The molecule has 0 unspecified atom stereocenters. The van der Waals surface area contributed by atoms with Crippen molar-refractivity contribution in [3.63, 3.8) is 0 Å². The molecule has 0 saturated carbocycles. The first kappa shape index (κ1) is 32.6. The molecule has 6 aromatic rings. The van der Waals surface area contributed by atoms with Gasteiger partial charge in [0, 0.05) is 30.3 Å². The number of hydrogen-bond donors (Lipinski definition) is 1. The number of carbonyl (C=O) groups excluding carboxylic acids is 1. The molecule has 0 atom stereocenters. The number of carbonyl (C=O) groups is 1. The number of aromatic nitrogens is 3. The third-order valence-corrected chi connectivity index (χ3v) is 8.31. The normalized spacial score (nSPS) is 13.2. The van der Waals surface area contributed by atoms with E-state index in [2.05, 4.69) is 10.3 Å². The van der Waals surface area contributed by atoms with E-state index < -0.39 is 17.7 Å². The van der Waals surface area contributed by atoms with E-state index in [1.54, 1.807) is 37.6 Å². The van der Waals surface area contributed by atoms with Crippen LogP contribution in [0, 0.1) is 11.6 Å². The molecule has 2 aromatic heterocycles. The molecular formula is C39H33F2N5O4. The van der Waals surface area contributed by atoms with Crippen LogP contribution in [0.25, 0.3) is 22.2 Å². The number of halogens is 2. The molecule has 1 aliphatic heterocycles. The van der Waals surface area contributed by atoms with Crippen molar-refractivity contribution in [2.24, 2.45) is 0 Å². The number of piperidine rings is 1. The predicted molar refractivity (Wildman–Crippen MR) is 186 cm³/mol.